The number of aliphatic hydroxyl groups is 1. The molecule has 0 aromatic rings. The van der Waals surface area contributed by atoms with Crippen molar-refractivity contribution in [1.29, 1.82) is 0 Å². The zero-order valence-corrected chi connectivity index (χ0v) is 8.04. The van der Waals surface area contributed by atoms with Gasteiger partial charge in [0.05, 0.1) is 0 Å². The zero-order chi connectivity index (χ0) is 9.02. The summed E-state index contributed by atoms with van der Waals surface area (Å²) in [7, 11) is 0. The van der Waals surface area contributed by atoms with Gasteiger partial charge in [0.25, 0.3) is 0 Å². The Morgan fingerprint density at radius 2 is 1.92 bits per heavy atom. The molecule has 0 bridgehead atoms. The van der Waals surface area contributed by atoms with Crippen LogP contribution in [-0.2, 0) is 4.79 Å². The maximum absolute atomic E-state index is 10.2. The number of carboxylic acid groups (broad SMARTS) is 1. The Kier molecular flexibility index (Phi) is 7.37. The third-order valence-corrected chi connectivity index (χ3v) is 1.40. The average molecular weight is 198 g/mol. The SMILES string of the molecule is CC(C)C[C@H](N)[C@@H](O)C(=O)O.Cl. The van der Waals surface area contributed by atoms with Gasteiger partial charge in [-0.1, -0.05) is 13.8 Å². The number of hydrogen-bond acceptors (Lipinski definition) is 3. The molecule has 0 radical (unpaired) electrons. The van der Waals surface area contributed by atoms with E-state index in [2.05, 4.69) is 0 Å². The van der Waals surface area contributed by atoms with Crippen LogP contribution in [0, 0.1) is 5.92 Å². The molecule has 4 N–H and O–H groups in total. The largest absolute Gasteiger partial charge is 0.479 e. The van der Waals surface area contributed by atoms with Crippen LogP contribution >= 0.6 is 12.4 Å². The van der Waals surface area contributed by atoms with Gasteiger partial charge in [-0.2, -0.15) is 0 Å². The van der Waals surface area contributed by atoms with Gasteiger partial charge in [0.1, 0.15) is 0 Å². The molecule has 0 aromatic carbocycles. The lowest BCUT2D eigenvalue weighted by atomic mass is 10.0. The molecule has 4 nitrogen and oxygen atoms in total. The van der Waals surface area contributed by atoms with Crippen LogP contribution in [0.25, 0.3) is 0 Å². The fourth-order valence-corrected chi connectivity index (χ4v) is 0.856. The van der Waals surface area contributed by atoms with Crippen LogP contribution in [0.1, 0.15) is 20.3 Å². The molecule has 0 amide bonds. The summed E-state index contributed by atoms with van der Waals surface area (Å²) in [4.78, 5) is 10.2. The third kappa shape index (κ3) is 5.35. The first-order chi connectivity index (χ1) is 4.95. The van der Waals surface area contributed by atoms with Gasteiger partial charge in [0.15, 0.2) is 6.10 Å². The van der Waals surface area contributed by atoms with Crippen molar-refractivity contribution in [2.75, 3.05) is 0 Å². The molecule has 0 aliphatic carbocycles. The molecule has 0 heterocycles. The lowest BCUT2D eigenvalue weighted by Gasteiger charge is -2.16. The van der Waals surface area contributed by atoms with E-state index < -0.39 is 18.1 Å². The van der Waals surface area contributed by atoms with Crippen molar-refractivity contribution >= 4 is 18.4 Å². The van der Waals surface area contributed by atoms with Crippen molar-refractivity contribution in [2.24, 2.45) is 11.7 Å². The fourth-order valence-electron chi connectivity index (χ4n) is 0.856. The summed E-state index contributed by atoms with van der Waals surface area (Å²) in [6.45, 7) is 3.85. The summed E-state index contributed by atoms with van der Waals surface area (Å²) >= 11 is 0. The zero-order valence-electron chi connectivity index (χ0n) is 7.23. The Balaban J connectivity index is 0. The Morgan fingerprint density at radius 3 is 2.17 bits per heavy atom. The first-order valence-corrected chi connectivity index (χ1v) is 3.61. The predicted molar refractivity (Wildman–Crippen MR) is 48.3 cm³/mol. The first kappa shape index (κ1) is 14.2. The maximum atomic E-state index is 10.2. The van der Waals surface area contributed by atoms with E-state index in [4.69, 9.17) is 15.9 Å². The van der Waals surface area contributed by atoms with Crippen molar-refractivity contribution in [2.45, 2.75) is 32.4 Å². The van der Waals surface area contributed by atoms with Gasteiger partial charge in [-0.15, -0.1) is 12.4 Å². The van der Waals surface area contributed by atoms with E-state index in [0.29, 0.717) is 12.3 Å². The van der Waals surface area contributed by atoms with E-state index in [1.807, 2.05) is 13.8 Å². The minimum absolute atomic E-state index is 0. The van der Waals surface area contributed by atoms with Crippen LogP contribution in [0.4, 0.5) is 0 Å². The number of aliphatic hydroxyl groups excluding tert-OH is 1. The van der Waals surface area contributed by atoms with Crippen molar-refractivity contribution in [3.05, 3.63) is 0 Å². The summed E-state index contributed by atoms with van der Waals surface area (Å²) in [6, 6.07) is -0.660. The first-order valence-electron chi connectivity index (χ1n) is 3.61. The molecule has 74 valence electrons. The number of nitrogens with two attached hydrogens (primary N) is 1. The van der Waals surface area contributed by atoms with Crippen molar-refractivity contribution in [3.8, 4) is 0 Å². The second-order valence-corrected chi connectivity index (χ2v) is 3.08. The Bertz CT molecular complexity index is 141. The average Bonchev–Trinajstić information content (AvgIpc) is 1.84. The Labute approximate surface area is 78.2 Å². The molecule has 0 unspecified atom stereocenters. The maximum Gasteiger partial charge on any atom is 0.334 e. The second-order valence-electron chi connectivity index (χ2n) is 3.08. The molecule has 2 atom stereocenters. The minimum Gasteiger partial charge on any atom is -0.479 e. The van der Waals surface area contributed by atoms with E-state index in [1.54, 1.807) is 0 Å². The number of carbonyl (C=O) groups is 1. The lowest BCUT2D eigenvalue weighted by Crippen LogP contribution is -2.41. The van der Waals surface area contributed by atoms with Crippen LogP contribution in [0.5, 0.6) is 0 Å². The monoisotopic (exact) mass is 197 g/mol. The van der Waals surface area contributed by atoms with E-state index in [-0.39, 0.29) is 12.4 Å². The van der Waals surface area contributed by atoms with Crippen LogP contribution in [0.2, 0.25) is 0 Å². The Hall–Kier alpha value is -0.320. The standard InChI is InChI=1S/C7H15NO3.ClH/c1-4(2)3-5(8)6(9)7(10)11;/h4-6,9H,3,8H2,1-2H3,(H,10,11);1H/t5-,6+;/m0./s1. The molecule has 0 fully saturated rings. The van der Waals surface area contributed by atoms with Gasteiger partial charge in [0, 0.05) is 6.04 Å². The fraction of sp³-hybridized carbons (Fsp3) is 0.857. The topological polar surface area (TPSA) is 83.5 Å². The smallest absolute Gasteiger partial charge is 0.334 e. The molecule has 0 saturated heterocycles. The molecule has 0 aromatic heterocycles. The van der Waals surface area contributed by atoms with Crippen LogP contribution in [0.15, 0.2) is 0 Å². The Morgan fingerprint density at radius 1 is 1.50 bits per heavy atom. The highest BCUT2D eigenvalue weighted by atomic mass is 35.5. The number of aliphatic carboxylic acids is 1. The van der Waals surface area contributed by atoms with Crippen molar-refractivity contribution < 1.29 is 15.0 Å². The lowest BCUT2D eigenvalue weighted by molar-refractivity contribution is -0.147. The molecule has 0 aliphatic heterocycles. The highest BCUT2D eigenvalue weighted by molar-refractivity contribution is 5.85. The van der Waals surface area contributed by atoms with Gasteiger partial charge in [-0.3, -0.25) is 0 Å². The van der Waals surface area contributed by atoms with Crippen LogP contribution in [-0.4, -0.2) is 28.3 Å². The highest BCUT2D eigenvalue weighted by Gasteiger charge is 2.22. The quantitative estimate of drug-likeness (QED) is 0.603. The number of carboxylic acids is 1. The normalized spacial score (nSPS) is 15.1. The van der Waals surface area contributed by atoms with E-state index in [0.717, 1.165) is 0 Å². The molecule has 0 rings (SSSR count). The highest BCUT2D eigenvalue weighted by Crippen LogP contribution is 2.05. The molecule has 0 aliphatic rings. The van der Waals surface area contributed by atoms with Gasteiger partial charge >= 0.3 is 5.97 Å². The molecule has 12 heavy (non-hydrogen) atoms. The van der Waals surface area contributed by atoms with Gasteiger partial charge < -0.3 is 15.9 Å². The van der Waals surface area contributed by atoms with Crippen LogP contribution < -0.4 is 5.73 Å². The van der Waals surface area contributed by atoms with E-state index in [1.165, 1.54) is 0 Å². The summed E-state index contributed by atoms with van der Waals surface area (Å²) in [5.74, 6) is -0.947. The number of hydrogen-bond donors (Lipinski definition) is 3. The molecular weight excluding hydrogens is 182 g/mol. The second kappa shape index (κ2) is 6.22. The van der Waals surface area contributed by atoms with Crippen LogP contribution in [0.3, 0.4) is 0 Å². The molecular formula is C7H16ClNO3. The molecule has 0 saturated carbocycles. The minimum atomic E-state index is -1.43. The van der Waals surface area contributed by atoms with Crippen molar-refractivity contribution in [1.82, 2.24) is 0 Å². The van der Waals surface area contributed by atoms with Gasteiger partial charge in [-0.05, 0) is 12.3 Å². The summed E-state index contributed by atoms with van der Waals surface area (Å²) in [5.41, 5.74) is 5.39. The molecule has 5 heteroatoms. The number of halogens is 1. The van der Waals surface area contributed by atoms with Gasteiger partial charge in [-0.25, -0.2) is 4.79 Å². The summed E-state index contributed by atoms with van der Waals surface area (Å²) in [5, 5.41) is 17.3. The number of rotatable bonds is 4. The summed E-state index contributed by atoms with van der Waals surface area (Å²) < 4.78 is 0. The third-order valence-electron chi connectivity index (χ3n) is 1.40. The molecule has 0 spiro atoms. The van der Waals surface area contributed by atoms with E-state index >= 15 is 0 Å². The summed E-state index contributed by atoms with van der Waals surface area (Å²) in [6.07, 6.45) is -0.912. The predicted octanol–water partition coefficient (Wildman–Crippen LogP) is 0.227. The van der Waals surface area contributed by atoms with E-state index in [9.17, 15) is 4.79 Å². The van der Waals surface area contributed by atoms with Crippen molar-refractivity contribution in [3.63, 3.8) is 0 Å². The van der Waals surface area contributed by atoms with Gasteiger partial charge in [0.2, 0.25) is 0 Å².